The lowest BCUT2D eigenvalue weighted by atomic mass is 10.1. The summed E-state index contributed by atoms with van der Waals surface area (Å²) < 4.78 is 0. The van der Waals surface area contributed by atoms with E-state index < -0.39 is 0 Å². The maximum atomic E-state index is 5.72. The summed E-state index contributed by atoms with van der Waals surface area (Å²) in [7, 11) is 0. The van der Waals surface area contributed by atoms with Gasteiger partial charge in [0.2, 0.25) is 0 Å². The molecule has 2 aromatic carbocycles. The fourth-order valence-corrected chi connectivity index (χ4v) is 1.60. The van der Waals surface area contributed by atoms with Gasteiger partial charge in [-0.2, -0.15) is 0 Å². The molecule has 0 atom stereocenters. The van der Waals surface area contributed by atoms with Gasteiger partial charge in [-0.1, -0.05) is 24.3 Å². The largest absolute Gasteiger partial charge is 0.399 e. The molecule has 0 unspecified atom stereocenters. The van der Waals surface area contributed by atoms with Gasteiger partial charge in [0.25, 0.3) is 0 Å². The first-order valence-electron chi connectivity index (χ1n) is 5.33. The van der Waals surface area contributed by atoms with Crippen LogP contribution >= 0.6 is 0 Å². The smallest absolute Gasteiger partial charge is 0.0340 e. The molecule has 0 aliphatic carbocycles. The molecule has 0 saturated heterocycles. The Balaban J connectivity index is 2.22. The van der Waals surface area contributed by atoms with E-state index in [0.717, 1.165) is 16.8 Å². The Hall–Kier alpha value is -2.42. The predicted octanol–water partition coefficient (Wildman–Crippen LogP) is 2.60. The third-order valence-corrected chi connectivity index (χ3v) is 2.40. The molecule has 3 nitrogen and oxygen atoms in total. The maximum absolute atomic E-state index is 5.72. The SMILES string of the molecule is Nc1ccc(C=Cc2cc(N)cc(N)c2)cc1. The van der Waals surface area contributed by atoms with E-state index in [9.17, 15) is 0 Å². The minimum absolute atomic E-state index is 0.668. The standard InChI is InChI=1S/C14H15N3/c15-12-5-3-10(4-6-12)1-2-11-7-13(16)9-14(17)8-11/h1-9H,15-17H2. The van der Waals surface area contributed by atoms with Gasteiger partial charge in [0, 0.05) is 17.1 Å². The zero-order chi connectivity index (χ0) is 12.3. The molecular formula is C14H15N3. The Morgan fingerprint density at radius 3 is 1.71 bits per heavy atom. The quantitative estimate of drug-likeness (QED) is 0.543. The summed E-state index contributed by atoms with van der Waals surface area (Å²) in [6.45, 7) is 0. The minimum atomic E-state index is 0.668. The molecule has 0 spiro atoms. The first-order chi connectivity index (χ1) is 8.13. The molecule has 0 bridgehead atoms. The van der Waals surface area contributed by atoms with Gasteiger partial charge in [0.1, 0.15) is 0 Å². The van der Waals surface area contributed by atoms with Gasteiger partial charge in [-0.15, -0.1) is 0 Å². The molecule has 6 N–H and O–H groups in total. The highest BCUT2D eigenvalue weighted by Crippen LogP contribution is 2.16. The van der Waals surface area contributed by atoms with Crippen molar-refractivity contribution in [3.8, 4) is 0 Å². The molecule has 17 heavy (non-hydrogen) atoms. The second-order valence-electron chi connectivity index (χ2n) is 3.93. The van der Waals surface area contributed by atoms with Gasteiger partial charge >= 0.3 is 0 Å². The van der Waals surface area contributed by atoms with Gasteiger partial charge in [-0.25, -0.2) is 0 Å². The van der Waals surface area contributed by atoms with E-state index >= 15 is 0 Å². The van der Waals surface area contributed by atoms with Crippen molar-refractivity contribution in [1.29, 1.82) is 0 Å². The lowest BCUT2D eigenvalue weighted by molar-refractivity contribution is 1.62. The molecular weight excluding hydrogens is 210 g/mol. The molecule has 0 radical (unpaired) electrons. The lowest BCUT2D eigenvalue weighted by Crippen LogP contribution is -1.90. The summed E-state index contributed by atoms with van der Waals surface area (Å²) in [6.07, 6.45) is 3.96. The van der Waals surface area contributed by atoms with E-state index in [1.54, 1.807) is 6.07 Å². The Morgan fingerprint density at radius 2 is 1.12 bits per heavy atom. The van der Waals surface area contributed by atoms with E-state index in [0.29, 0.717) is 11.4 Å². The molecule has 0 aliphatic rings. The molecule has 2 rings (SSSR count). The van der Waals surface area contributed by atoms with Crippen LogP contribution in [0.15, 0.2) is 42.5 Å². The van der Waals surface area contributed by atoms with Crippen LogP contribution in [0.1, 0.15) is 11.1 Å². The minimum Gasteiger partial charge on any atom is -0.399 e. The fraction of sp³-hybridized carbons (Fsp3) is 0. The number of benzene rings is 2. The second-order valence-corrected chi connectivity index (χ2v) is 3.93. The van der Waals surface area contributed by atoms with Crippen LogP contribution in [0.4, 0.5) is 17.1 Å². The fourth-order valence-electron chi connectivity index (χ4n) is 1.60. The zero-order valence-electron chi connectivity index (χ0n) is 9.43. The molecule has 0 heterocycles. The molecule has 0 amide bonds. The molecule has 0 aliphatic heterocycles. The van der Waals surface area contributed by atoms with Crippen molar-refractivity contribution in [3.63, 3.8) is 0 Å². The number of rotatable bonds is 2. The van der Waals surface area contributed by atoms with Crippen LogP contribution in [0.5, 0.6) is 0 Å². The third kappa shape index (κ3) is 3.01. The van der Waals surface area contributed by atoms with Gasteiger partial charge in [-0.3, -0.25) is 0 Å². The normalized spacial score (nSPS) is 10.8. The van der Waals surface area contributed by atoms with Crippen molar-refractivity contribution in [1.82, 2.24) is 0 Å². The van der Waals surface area contributed by atoms with E-state index in [-0.39, 0.29) is 0 Å². The Labute approximate surface area is 101 Å². The lowest BCUT2D eigenvalue weighted by Gasteiger charge is -2.00. The average Bonchev–Trinajstić information content (AvgIpc) is 2.27. The van der Waals surface area contributed by atoms with Crippen molar-refractivity contribution in [2.24, 2.45) is 0 Å². The molecule has 3 heteroatoms. The van der Waals surface area contributed by atoms with E-state index in [2.05, 4.69) is 0 Å². The van der Waals surface area contributed by atoms with Crippen molar-refractivity contribution in [2.45, 2.75) is 0 Å². The molecule has 2 aromatic rings. The van der Waals surface area contributed by atoms with Gasteiger partial charge < -0.3 is 17.2 Å². The Morgan fingerprint density at radius 1 is 0.588 bits per heavy atom. The average molecular weight is 225 g/mol. The Kier molecular flexibility index (Phi) is 3.01. The number of nitrogen functional groups attached to an aromatic ring is 3. The van der Waals surface area contributed by atoms with Crippen molar-refractivity contribution >= 4 is 29.2 Å². The summed E-state index contributed by atoms with van der Waals surface area (Å²) in [5, 5.41) is 0. The van der Waals surface area contributed by atoms with Crippen molar-refractivity contribution < 1.29 is 0 Å². The van der Waals surface area contributed by atoms with Crippen LogP contribution in [0, 0.1) is 0 Å². The van der Waals surface area contributed by atoms with E-state index in [1.807, 2.05) is 48.6 Å². The molecule has 86 valence electrons. The third-order valence-electron chi connectivity index (χ3n) is 2.40. The van der Waals surface area contributed by atoms with Crippen LogP contribution in [0.2, 0.25) is 0 Å². The summed E-state index contributed by atoms with van der Waals surface area (Å²) >= 11 is 0. The molecule has 0 aromatic heterocycles. The van der Waals surface area contributed by atoms with Crippen LogP contribution in [0.3, 0.4) is 0 Å². The van der Waals surface area contributed by atoms with Crippen LogP contribution in [-0.4, -0.2) is 0 Å². The number of hydrogen-bond acceptors (Lipinski definition) is 3. The van der Waals surface area contributed by atoms with Crippen LogP contribution in [0.25, 0.3) is 12.2 Å². The molecule has 0 fully saturated rings. The topological polar surface area (TPSA) is 78.1 Å². The predicted molar refractivity (Wildman–Crippen MR) is 75.0 cm³/mol. The van der Waals surface area contributed by atoms with Gasteiger partial charge in [0.05, 0.1) is 0 Å². The highest BCUT2D eigenvalue weighted by molar-refractivity contribution is 5.73. The van der Waals surface area contributed by atoms with E-state index in [4.69, 9.17) is 17.2 Å². The number of hydrogen-bond donors (Lipinski definition) is 3. The van der Waals surface area contributed by atoms with Crippen LogP contribution < -0.4 is 17.2 Å². The summed E-state index contributed by atoms with van der Waals surface area (Å²) in [6, 6.07) is 13.2. The van der Waals surface area contributed by atoms with Gasteiger partial charge in [0.15, 0.2) is 0 Å². The number of nitrogens with two attached hydrogens (primary N) is 3. The van der Waals surface area contributed by atoms with Crippen molar-refractivity contribution in [3.05, 3.63) is 53.6 Å². The van der Waals surface area contributed by atoms with Gasteiger partial charge in [-0.05, 0) is 41.5 Å². The number of anilines is 3. The maximum Gasteiger partial charge on any atom is 0.0340 e. The zero-order valence-corrected chi connectivity index (χ0v) is 9.43. The van der Waals surface area contributed by atoms with E-state index in [1.165, 1.54) is 0 Å². The van der Waals surface area contributed by atoms with Crippen molar-refractivity contribution in [2.75, 3.05) is 17.2 Å². The van der Waals surface area contributed by atoms with Crippen LogP contribution in [-0.2, 0) is 0 Å². The second kappa shape index (κ2) is 4.61. The highest BCUT2D eigenvalue weighted by Gasteiger charge is 1.93. The summed E-state index contributed by atoms with van der Waals surface area (Å²) in [5.74, 6) is 0. The monoisotopic (exact) mass is 225 g/mol. The first-order valence-corrected chi connectivity index (χ1v) is 5.33. The molecule has 0 saturated carbocycles. The Bertz CT molecular complexity index is 522. The first kappa shape index (κ1) is 11.1. The summed E-state index contributed by atoms with van der Waals surface area (Å²) in [4.78, 5) is 0. The highest BCUT2D eigenvalue weighted by atomic mass is 14.6. The summed E-state index contributed by atoms with van der Waals surface area (Å²) in [5.41, 5.74) is 21.2.